The quantitative estimate of drug-likeness (QED) is 0.706. The highest BCUT2D eigenvalue weighted by Gasteiger charge is 2.18. The molecule has 0 radical (unpaired) electrons. The van der Waals surface area contributed by atoms with Crippen molar-refractivity contribution in [2.45, 2.75) is 32.8 Å². The van der Waals surface area contributed by atoms with Crippen LogP contribution in [0.25, 0.3) is 0 Å². The Morgan fingerprint density at radius 1 is 1.04 bits per heavy atom. The molecule has 3 heterocycles. The van der Waals surface area contributed by atoms with Gasteiger partial charge in [0.1, 0.15) is 0 Å². The first kappa shape index (κ1) is 16.7. The molecule has 0 saturated heterocycles. The van der Waals surface area contributed by atoms with Gasteiger partial charge in [-0.05, 0) is 11.6 Å². The van der Waals surface area contributed by atoms with Crippen LogP contribution in [0.15, 0.2) is 48.8 Å². The number of aliphatic hydroxyl groups excluding tert-OH is 1. The molecule has 0 amide bonds. The number of rotatable bonds is 6. The molecule has 4 rings (SSSR count). The minimum atomic E-state index is -0.00865. The second kappa shape index (κ2) is 7.63. The van der Waals surface area contributed by atoms with Crippen molar-refractivity contribution in [1.82, 2.24) is 24.6 Å². The first-order chi connectivity index (χ1) is 12.8. The molecule has 1 aliphatic rings. The van der Waals surface area contributed by atoms with Gasteiger partial charge in [0.15, 0.2) is 0 Å². The Balaban J connectivity index is 1.33. The molecule has 0 bridgehead atoms. The molecule has 26 heavy (non-hydrogen) atoms. The number of anilines is 1. The van der Waals surface area contributed by atoms with Crippen LogP contribution in [-0.2, 0) is 32.8 Å². The van der Waals surface area contributed by atoms with E-state index in [0.717, 1.165) is 43.1 Å². The first-order valence-electron chi connectivity index (χ1n) is 8.78. The lowest BCUT2D eigenvalue weighted by Gasteiger charge is -2.27. The van der Waals surface area contributed by atoms with Crippen molar-refractivity contribution in [3.63, 3.8) is 0 Å². The molecule has 0 saturated carbocycles. The van der Waals surface area contributed by atoms with E-state index in [1.807, 2.05) is 41.3 Å². The van der Waals surface area contributed by atoms with Crippen LogP contribution >= 0.6 is 0 Å². The average Bonchev–Trinajstić information content (AvgIpc) is 3.11. The van der Waals surface area contributed by atoms with Crippen LogP contribution in [0.2, 0.25) is 0 Å². The predicted molar refractivity (Wildman–Crippen MR) is 98.1 cm³/mol. The molecule has 0 atom stereocenters. The minimum absolute atomic E-state index is 0.00865. The lowest BCUT2D eigenvalue weighted by molar-refractivity contribution is 0.204. The molecule has 1 aliphatic heterocycles. The number of hydrogen-bond donors (Lipinski definition) is 2. The molecule has 0 unspecified atom stereocenters. The van der Waals surface area contributed by atoms with Crippen LogP contribution in [0.1, 0.15) is 22.5 Å². The van der Waals surface area contributed by atoms with Crippen molar-refractivity contribution in [3.8, 4) is 0 Å². The number of aliphatic hydroxyl groups is 1. The molecule has 1 aromatic carbocycles. The molecule has 7 nitrogen and oxygen atoms in total. The Morgan fingerprint density at radius 2 is 1.85 bits per heavy atom. The Labute approximate surface area is 152 Å². The summed E-state index contributed by atoms with van der Waals surface area (Å²) in [7, 11) is 0. The van der Waals surface area contributed by atoms with Gasteiger partial charge in [-0.15, -0.1) is 0 Å². The largest absolute Gasteiger partial charge is 0.390 e. The standard InChI is InChI=1S/C19H22N6O/c26-14-17-8-18-13-24(6-7-25(18)23-17)12-16-10-21-19(22-11-16)20-9-15-4-2-1-3-5-15/h1-5,8,10-11,26H,6-7,9,12-14H2,(H,20,21,22). The van der Waals surface area contributed by atoms with Gasteiger partial charge in [0, 0.05) is 44.1 Å². The van der Waals surface area contributed by atoms with Crippen molar-refractivity contribution >= 4 is 5.95 Å². The molecule has 2 aromatic heterocycles. The zero-order valence-electron chi connectivity index (χ0n) is 14.5. The summed E-state index contributed by atoms with van der Waals surface area (Å²) in [5.41, 5.74) is 4.17. The summed E-state index contributed by atoms with van der Waals surface area (Å²) in [5, 5.41) is 16.8. The van der Waals surface area contributed by atoms with Crippen LogP contribution in [0.3, 0.4) is 0 Å². The predicted octanol–water partition coefficient (Wildman–Crippen LogP) is 1.79. The highest BCUT2D eigenvalue weighted by Crippen LogP contribution is 2.16. The van der Waals surface area contributed by atoms with Gasteiger partial charge in [-0.25, -0.2) is 9.97 Å². The Kier molecular flexibility index (Phi) is 4.90. The molecule has 0 aliphatic carbocycles. The summed E-state index contributed by atoms with van der Waals surface area (Å²) in [5.74, 6) is 0.641. The van der Waals surface area contributed by atoms with Crippen molar-refractivity contribution in [2.24, 2.45) is 0 Å². The van der Waals surface area contributed by atoms with Gasteiger partial charge in [-0.2, -0.15) is 5.10 Å². The Hall–Kier alpha value is -2.77. The van der Waals surface area contributed by atoms with Crippen molar-refractivity contribution in [3.05, 3.63) is 71.3 Å². The maximum Gasteiger partial charge on any atom is 0.222 e. The van der Waals surface area contributed by atoms with E-state index in [1.54, 1.807) is 0 Å². The van der Waals surface area contributed by atoms with Gasteiger partial charge >= 0.3 is 0 Å². The SMILES string of the molecule is OCc1cc2n(n1)CCN(Cc1cnc(NCc3ccccc3)nc1)C2. The summed E-state index contributed by atoms with van der Waals surface area (Å²) in [6.07, 6.45) is 3.76. The van der Waals surface area contributed by atoms with E-state index in [1.165, 1.54) is 5.56 Å². The van der Waals surface area contributed by atoms with Crippen LogP contribution in [0.4, 0.5) is 5.95 Å². The molecule has 0 fully saturated rings. The number of benzene rings is 1. The van der Waals surface area contributed by atoms with E-state index in [0.29, 0.717) is 12.5 Å². The van der Waals surface area contributed by atoms with Gasteiger partial charge in [0.25, 0.3) is 0 Å². The van der Waals surface area contributed by atoms with E-state index < -0.39 is 0 Å². The Morgan fingerprint density at radius 3 is 2.62 bits per heavy atom. The molecule has 2 N–H and O–H groups in total. The molecular formula is C19H22N6O. The van der Waals surface area contributed by atoms with E-state index >= 15 is 0 Å². The fourth-order valence-corrected chi connectivity index (χ4v) is 3.16. The summed E-state index contributed by atoms with van der Waals surface area (Å²) in [4.78, 5) is 11.2. The molecule has 7 heteroatoms. The maximum absolute atomic E-state index is 9.22. The van der Waals surface area contributed by atoms with E-state index in [9.17, 15) is 5.11 Å². The zero-order valence-corrected chi connectivity index (χ0v) is 14.5. The fraction of sp³-hybridized carbons (Fsp3) is 0.316. The molecular weight excluding hydrogens is 328 g/mol. The summed E-state index contributed by atoms with van der Waals surface area (Å²) in [6.45, 7) is 4.09. The summed E-state index contributed by atoms with van der Waals surface area (Å²) < 4.78 is 1.98. The number of nitrogens with zero attached hydrogens (tertiary/aromatic N) is 5. The highest BCUT2D eigenvalue weighted by atomic mass is 16.3. The van der Waals surface area contributed by atoms with Crippen LogP contribution in [0.5, 0.6) is 0 Å². The number of aromatic nitrogens is 4. The average molecular weight is 350 g/mol. The third-order valence-electron chi connectivity index (χ3n) is 4.49. The lowest BCUT2D eigenvalue weighted by Crippen LogP contribution is -2.33. The minimum Gasteiger partial charge on any atom is -0.390 e. The third-order valence-corrected chi connectivity index (χ3v) is 4.49. The number of fused-ring (bicyclic) bond motifs is 1. The van der Waals surface area contributed by atoms with E-state index in [4.69, 9.17) is 0 Å². The Bertz CT molecular complexity index is 846. The van der Waals surface area contributed by atoms with Gasteiger partial charge in [-0.1, -0.05) is 30.3 Å². The summed E-state index contributed by atoms with van der Waals surface area (Å²) in [6, 6.07) is 12.2. The van der Waals surface area contributed by atoms with Crippen LogP contribution in [-0.4, -0.2) is 36.3 Å². The summed E-state index contributed by atoms with van der Waals surface area (Å²) >= 11 is 0. The van der Waals surface area contributed by atoms with E-state index in [2.05, 4.69) is 37.4 Å². The molecule has 3 aromatic rings. The first-order valence-corrected chi connectivity index (χ1v) is 8.78. The second-order valence-electron chi connectivity index (χ2n) is 6.47. The smallest absolute Gasteiger partial charge is 0.222 e. The monoisotopic (exact) mass is 350 g/mol. The molecule has 134 valence electrons. The van der Waals surface area contributed by atoms with Crippen LogP contribution in [0, 0.1) is 0 Å². The van der Waals surface area contributed by atoms with Crippen molar-refractivity contribution in [1.29, 1.82) is 0 Å². The topological polar surface area (TPSA) is 79.1 Å². The zero-order chi connectivity index (χ0) is 17.8. The lowest BCUT2D eigenvalue weighted by atomic mass is 10.2. The van der Waals surface area contributed by atoms with Gasteiger partial charge < -0.3 is 10.4 Å². The fourth-order valence-electron chi connectivity index (χ4n) is 3.16. The van der Waals surface area contributed by atoms with Crippen LogP contribution < -0.4 is 5.32 Å². The molecule has 0 spiro atoms. The van der Waals surface area contributed by atoms with Gasteiger partial charge in [-0.3, -0.25) is 9.58 Å². The third kappa shape index (κ3) is 3.89. The highest BCUT2D eigenvalue weighted by molar-refractivity contribution is 5.28. The number of hydrogen-bond acceptors (Lipinski definition) is 6. The van der Waals surface area contributed by atoms with Crippen molar-refractivity contribution < 1.29 is 5.11 Å². The maximum atomic E-state index is 9.22. The normalized spacial score (nSPS) is 14.2. The van der Waals surface area contributed by atoms with Crippen molar-refractivity contribution in [2.75, 3.05) is 11.9 Å². The number of nitrogens with one attached hydrogen (secondary N) is 1. The van der Waals surface area contributed by atoms with E-state index in [-0.39, 0.29) is 6.61 Å². The second-order valence-corrected chi connectivity index (χ2v) is 6.47. The van der Waals surface area contributed by atoms with Gasteiger partial charge in [0.05, 0.1) is 24.5 Å². The van der Waals surface area contributed by atoms with Gasteiger partial charge in [0.2, 0.25) is 5.95 Å².